The van der Waals surface area contributed by atoms with Gasteiger partial charge in [0.25, 0.3) is 0 Å². The molecule has 0 aromatic carbocycles. The van der Waals surface area contributed by atoms with Crippen LogP contribution in [-0.4, -0.2) is 53.6 Å². The molecule has 0 bridgehead atoms. The van der Waals surface area contributed by atoms with E-state index in [2.05, 4.69) is 40.0 Å². The molecule has 1 aromatic rings. The lowest BCUT2D eigenvalue weighted by molar-refractivity contribution is 0.115. The van der Waals surface area contributed by atoms with E-state index in [1.165, 1.54) is 25.8 Å². The number of nitrogens with zero attached hydrogens (tertiary/aromatic N) is 4. The normalized spacial score (nSPS) is 26.5. The number of hydrogen-bond acceptors (Lipinski definition) is 5. The Bertz CT molecular complexity index is 467. The predicted octanol–water partition coefficient (Wildman–Crippen LogP) is 2.14. The van der Waals surface area contributed by atoms with Crippen LogP contribution < -0.4 is 10.2 Å². The van der Waals surface area contributed by atoms with E-state index in [1.807, 2.05) is 7.05 Å². The summed E-state index contributed by atoms with van der Waals surface area (Å²) in [5.74, 6) is 2.94. The standard InChI is InChI=1S/C16H27N5/c1-4-14-18-15(17-3)9-16(19-14)21-11-13-7-5-6-8-20(13)10-12(21)2/h9,12-13H,4-8,10-11H2,1-3H3,(H,17,18,19). The van der Waals surface area contributed by atoms with Gasteiger partial charge in [-0.15, -0.1) is 0 Å². The highest BCUT2D eigenvalue weighted by molar-refractivity contribution is 5.50. The van der Waals surface area contributed by atoms with Crippen LogP contribution >= 0.6 is 0 Å². The summed E-state index contributed by atoms with van der Waals surface area (Å²) in [5, 5.41) is 3.16. The van der Waals surface area contributed by atoms with E-state index >= 15 is 0 Å². The van der Waals surface area contributed by atoms with E-state index in [0.29, 0.717) is 12.1 Å². The summed E-state index contributed by atoms with van der Waals surface area (Å²) in [6.07, 6.45) is 4.93. The van der Waals surface area contributed by atoms with Gasteiger partial charge in [-0.1, -0.05) is 13.3 Å². The molecular weight excluding hydrogens is 262 g/mol. The molecule has 0 radical (unpaired) electrons. The number of nitrogens with one attached hydrogen (secondary N) is 1. The Morgan fingerprint density at radius 3 is 2.90 bits per heavy atom. The van der Waals surface area contributed by atoms with Crippen molar-refractivity contribution in [3.8, 4) is 0 Å². The zero-order valence-corrected chi connectivity index (χ0v) is 13.5. The molecule has 3 rings (SSSR count). The summed E-state index contributed by atoms with van der Waals surface area (Å²) >= 11 is 0. The van der Waals surface area contributed by atoms with E-state index in [4.69, 9.17) is 4.98 Å². The Hall–Kier alpha value is -1.36. The van der Waals surface area contributed by atoms with Gasteiger partial charge in [-0.3, -0.25) is 4.90 Å². The van der Waals surface area contributed by atoms with E-state index in [0.717, 1.165) is 37.0 Å². The van der Waals surface area contributed by atoms with E-state index in [9.17, 15) is 0 Å². The minimum atomic E-state index is 0.517. The van der Waals surface area contributed by atoms with Crippen LogP contribution in [-0.2, 0) is 6.42 Å². The Balaban J connectivity index is 1.85. The lowest BCUT2D eigenvalue weighted by atomic mass is 9.97. The van der Waals surface area contributed by atoms with Gasteiger partial charge in [0.2, 0.25) is 0 Å². The molecule has 2 atom stereocenters. The fourth-order valence-corrected chi connectivity index (χ4v) is 3.59. The SMILES string of the molecule is CCc1nc(NC)cc(N2CC3CCCCN3CC2C)n1. The topological polar surface area (TPSA) is 44.3 Å². The van der Waals surface area contributed by atoms with Crippen molar-refractivity contribution in [3.63, 3.8) is 0 Å². The molecule has 0 aliphatic carbocycles. The number of aryl methyl sites for hydroxylation is 1. The molecule has 3 heterocycles. The van der Waals surface area contributed by atoms with Gasteiger partial charge < -0.3 is 10.2 Å². The molecule has 2 unspecified atom stereocenters. The number of fused-ring (bicyclic) bond motifs is 1. The second kappa shape index (κ2) is 6.18. The van der Waals surface area contributed by atoms with Gasteiger partial charge in [-0.05, 0) is 26.3 Å². The average molecular weight is 289 g/mol. The maximum Gasteiger partial charge on any atom is 0.134 e. The first kappa shape index (κ1) is 14.6. The number of hydrogen-bond donors (Lipinski definition) is 1. The minimum Gasteiger partial charge on any atom is -0.373 e. The van der Waals surface area contributed by atoms with Crippen molar-refractivity contribution < 1.29 is 0 Å². The molecule has 116 valence electrons. The van der Waals surface area contributed by atoms with Crippen LogP contribution in [0.15, 0.2) is 6.07 Å². The van der Waals surface area contributed by atoms with Crippen LogP contribution in [0.4, 0.5) is 11.6 Å². The monoisotopic (exact) mass is 289 g/mol. The fraction of sp³-hybridized carbons (Fsp3) is 0.750. The molecule has 5 heteroatoms. The molecule has 1 N–H and O–H groups in total. The van der Waals surface area contributed by atoms with Crippen LogP contribution in [0, 0.1) is 0 Å². The first-order chi connectivity index (χ1) is 10.2. The lowest BCUT2D eigenvalue weighted by Crippen LogP contribution is -2.59. The fourth-order valence-electron chi connectivity index (χ4n) is 3.59. The quantitative estimate of drug-likeness (QED) is 0.923. The van der Waals surface area contributed by atoms with Crippen molar-refractivity contribution >= 4 is 11.6 Å². The van der Waals surface area contributed by atoms with Crippen LogP contribution in [0.3, 0.4) is 0 Å². The van der Waals surface area contributed by atoms with Gasteiger partial charge in [0.05, 0.1) is 0 Å². The molecule has 2 aliphatic heterocycles. The summed E-state index contributed by atoms with van der Waals surface area (Å²) in [7, 11) is 1.92. The first-order valence-electron chi connectivity index (χ1n) is 8.27. The van der Waals surface area contributed by atoms with Crippen molar-refractivity contribution in [2.45, 2.75) is 51.6 Å². The smallest absolute Gasteiger partial charge is 0.134 e. The highest BCUT2D eigenvalue weighted by Crippen LogP contribution is 2.28. The Morgan fingerprint density at radius 2 is 2.14 bits per heavy atom. The Labute approximate surface area is 127 Å². The predicted molar refractivity (Wildman–Crippen MR) is 87.0 cm³/mol. The number of piperazine rings is 1. The highest BCUT2D eigenvalue weighted by atomic mass is 15.3. The molecule has 21 heavy (non-hydrogen) atoms. The molecule has 2 aliphatic rings. The summed E-state index contributed by atoms with van der Waals surface area (Å²) in [6.45, 7) is 7.96. The van der Waals surface area contributed by atoms with Crippen molar-refractivity contribution in [1.29, 1.82) is 0 Å². The molecule has 0 saturated carbocycles. The third kappa shape index (κ3) is 2.98. The largest absolute Gasteiger partial charge is 0.373 e. The third-order valence-corrected chi connectivity index (χ3v) is 4.81. The van der Waals surface area contributed by atoms with Crippen LogP contribution in [0.2, 0.25) is 0 Å². The van der Waals surface area contributed by atoms with Gasteiger partial charge in [0.15, 0.2) is 0 Å². The first-order valence-corrected chi connectivity index (χ1v) is 8.27. The van der Waals surface area contributed by atoms with Gasteiger partial charge in [-0.25, -0.2) is 9.97 Å². The number of anilines is 2. The van der Waals surface area contributed by atoms with Gasteiger partial charge in [0, 0.05) is 44.7 Å². The molecule has 5 nitrogen and oxygen atoms in total. The Morgan fingerprint density at radius 1 is 1.29 bits per heavy atom. The third-order valence-electron chi connectivity index (χ3n) is 4.81. The van der Waals surface area contributed by atoms with E-state index < -0.39 is 0 Å². The van der Waals surface area contributed by atoms with Crippen molar-refractivity contribution in [3.05, 3.63) is 11.9 Å². The minimum absolute atomic E-state index is 0.517. The number of piperidine rings is 1. The number of rotatable bonds is 3. The second-order valence-corrected chi connectivity index (χ2v) is 6.28. The molecule has 0 spiro atoms. The van der Waals surface area contributed by atoms with Crippen molar-refractivity contribution in [2.24, 2.45) is 0 Å². The maximum absolute atomic E-state index is 4.77. The highest BCUT2D eigenvalue weighted by Gasteiger charge is 2.33. The van der Waals surface area contributed by atoms with Gasteiger partial charge in [-0.2, -0.15) is 0 Å². The van der Waals surface area contributed by atoms with Crippen LogP contribution in [0.25, 0.3) is 0 Å². The lowest BCUT2D eigenvalue weighted by Gasteiger charge is -2.48. The second-order valence-electron chi connectivity index (χ2n) is 6.28. The molecule has 2 fully saturated rings. The number of aromatic nitrogens is 2. The van der Waals surface area contributed by atoms with Gasteiger partial charge >= 0.3 is 0 Å². The van der Waals surface area contributed by atoms with Crippen LogP contribution in [0.5, 0.6) is 0 Å². The summed E-state index contributed by atoms with van der Waals surface area (Å²) in [5.41, 5.74) is 0. The molecule has 2 saturated heterocycles. The van der Waals surface area contributed by atoms with Crippen molar-refractivity contribution in [2.75, 3.05) is 36.9 Å². The van der Waals surface area contributed by atoms with Crippen LogP contribution in [0.1, 0.15) is 38.9 Å². The van der Waals surface area contributed by atoms with E-state index in [1.54, 1.807) is 0 Å². The molecule has 1 aromatic heterocycles. The molecular formula is C16H27N5. The Kier molecular flexibility index (Phi) is 4.29. The van der Waals surface area contributed by atoms with E-state index in [-0.39, 0.29) is 0 Å². The zero-order chi connectivity index (χ0) is 14.8. The maximum atomic E-state index is 4.77. The average Bonchev–Trinajstić information content (AvgIpc) is 2.53. The van der Waals surface area contributed by atoms with Gasteiger partial charge in [0.1, 0.15) is 17.5 Å². The summed E-state index contributed by atoms with van der Waals surface area (Å²) in [4.78, 5) is 14.4. The van der Waals surface area contributed by atoms with Crippen molar-refractivity contribution in [1.82, 2.24) is 14.9 Å². The zero-order valence-electron chi connectivity index (χ0n) is 13.5. The summed E-state index contributed by atoms with van der Waals surface area (Å²) < 4.78 is 0. The summed E-state index contributed by atoms with van der Waals surface area (Å²) in [6, 6.07) is 3.31. The molecule has 0 amide bonds.